The SMILES string of the molecule is CCCCCN(CC(C)C(=O)O)c1ccc(C(C)C)cc1. The van der Waals surface area contributed by atoms with Gasteiger partial charge in [-0.2, -0.15) is 0 Å². The van der Waals surface area contributed by atoms with E-state index in [0.717, 1.165) is 18.7 Å². The molecule has 0 heterocycles. The van der Waals surface area contributed by atoms with E-state index in [1.54, 1.807) is 6.92 Å². The van der Waals surface area contributed by atoms with Crippen LogP contribution in [-0.2, 0) is 4.79 Å². The molecule has 1 N–H and O–H groups in total. The van der Waals surface area contributed by atoms with Crippen LogP contribution in [0.15, 0.2) is 24.3 Å². The molecule has 0 spiro atoms. The van der Waals surface area contributed by atoms with Gasteiger partial charge in [0.15, 0.2) is 0 Å². The van der Waals surface area contributed by atoms with Crippen molar-refractivity contribution >= 4 is 11.7 Å². The van der Waals surface area contributed by atoms with Crippen molar-refractivity contribution < 1.29 is 9.90 Å². The summed E-state index contributed by atoms with van der Waals surface area (Å²) in [5, 5.41) is 9.14. The minimum absolute atomic E-state index is 0.351. The minimum Gasteiger partial charge on any atom is -0.481 e. The van der Waals surface area contributed by atoms with E-state index in [0.29, 0.717) is 12.5 Å². The van der Waals surface area contributed by atoms with Gasteiger partial charge in [-0.25, -0.2) is 0 Å². The molecule has 118 valence electrons. The van der Waals surface area contributed by atoms with Crippen LogP contribution in [-0.4, -0.2) is 24.2 Å². The molecule has 0 bridgehead atoms. The minimum atomic E-state index is -0.728. The van der Waals surface area contributed by atoms with Crippen molar-refractivity contribution in [2.75, 3.05) is 18.0 Å². The van der Waals surface area contributed by atoms with Crippen LogP contribution in [0.1, 0.15) is 58.4 Å². The van der Waals surface area contributed by atoms with E-state index in [2.05, 4.69) is 49.9 Å². The molecule has 1 aromatic carbocycles. The number of unbranched alkanes of at least 4 members (excludes halogenated alkanes) is 2. The number of anilines is 1. The van der Waals surface area contributed by atoms with E-state index in [1.807, 2.05) is 0 Å². The van der Waals surface area contributed by atoms with Crippen LogP contribution >= 0.6 is 0 Å². The van der Waals surface area contributed by atoms with Crippen molar-refractivity contribution in [1.82, 2.24) is 0 Å². The Morgan fingerprint density at radius 3 is 2.24 bits per heavy atom. The van der Waals surface area contributed by atoms with Gasteiger partial charge >= 0.3 is 5.97 Å². The lowest BCUT2D eigenvalue weighted by Crippen LogP contribution is -2.32. The van der Waals surface area contributed by atoms with Crippen LogP contribution in [0.2, 0.25) is 0 Å². The summed E-state index contributed by atoms with van der Waals surface area (Å²) in [7, 11) is 0. The Balaban J connectivity index is 2.80. The van der Waals surface area contributed by atoms with Crippen LogP contribution in [0, 0.1) is 5.92 Å². The molecule has 0 fully saturated rings. The van der Waals surface area contributed by atoms with E-state index >= 15 is 0 Å². The fraction of sp³-hybridized carbons (Fsp3) is 0.611. The lowest BCUT2D eigenvalue weighted by Gasteiger charge is -2.27. The summed E-state index contributed by atoms with van der Waals surface area (Å²) in [6.45, 7) is 9.81. The highest BCUT2D eigenvalue weighted by molar-refractivity contribution is 5.70. The monoisotopic (exact) mass is 291 g/mol. The molecule has 1 atom stereocenters. The predicted molar refractivity (Wildman–Crippen MR) is 89.1 cm³/mol. The fourth-order valence-corrected chi connectivity index (χ4v) is 2.36. The summed E-state index contributed by atoms with van der Waals surface area (Å²) in [4.78, 5) is 13.3. The zero-order chi connectivity index (χ0) is 15.8. The number of benzene rings is 1. The summed E-state index contributed by atoms with van der Waals surface area (Å²) in [6, 6.07) is 8.54. The van der Waals surface area contributed by atoms with Gasteiger partial charge in [0, 0.05) is 18.8 Å². The number of rotatable bonds is 9. The highest BCUT2D eigenvalue weighted by Gasteiger charge is 2.16. The number of nitrogens with zero attached hydrogens (tertiary/aromatic N) is 1. The molecule has 0 aliphatic heterocycles. The molecule has 0 aliphatic carbocycles. The van der Waals surface area contributed by atoms with Gasteiger partial charge in [-0.05, 0) is 30.0 Å². The first-order chi connectivity index (χ1) is 9.95. The smallest absolute Gasteiger partial charge is 0.308 e. The largest absolute Gasteiger partial charge is 0.481 e. The van der Waals surface area contributed by atoms with Crippen LogP contribution in [0.5, 0.6) is 0 Å². The highest BCUT2D eigenvalue weighted by Crippen LogP contribution is 2.21. The van der Waals surface area contributed by atoms with Gasteiger partial charge < -0.3 is 10.0 Å². The number of aliphatic carboxylic acids is 1. The van der Waals surface area contributed by atoms with Crippen molar-refractivity contribution in [2.45, 2.75) is 52.9 Å². The molecular weight excluding hydrogens is 262 g/mol. The van der Waals surface area contributed by atoms with Crippen molar-refractivity contribution in [3.63, 3.8) is 0 Å². The molecule has 0 amide bonds. The molecule has 21 heavy (non-hydrogen) atoms. The average molecular weight is 291 g/mol. The molecule has 1 unspecified atom stereocenters. The molecular formula is C18H29NO2. The van der Waals surface area contributed by atoms with Crippen LogP contribution < -0.4 is 4.90 Å². The maximum absolute atomic E-state index is 11.1. The van der Waals surface area contributed by atoms with Crippen molar-refractivity contribution in [3.05, 3.63) is 29.8 Å². The molecule has 0 saturated heterocycles. The summed E-state index contributed by atoms with van der Waals surface area (Å²) < 4.78 is 0. The van der Waals surface area contributed by atoms with E-state index < -0.39 is 5.97 Å². The summed E-state index contributed by atoms with van der Waals surface area (Å²) in [5.41, 5.74) is 2.45. The third kappa shape index (κ3) is 5.78. The highest BCUT2D eigenvalue weighted by atomic mass is 16.4. The Morgan fingerprint density at radius 2 is 1.76 bits per heavy atom. The lowest BCUT2D eigenvalue weighted by atomic mass is 10.0. The summed E-state index contributed by atoms with van der Waals surface area (Å²) >= 11 is 0. The van der Waals surface area contributed by atoms with E-state index in [9.17, 15) is 4.79 Å². The van der Waals surface area contributed by atoms with Gasteiger partial charge in [-0.1, -0.05) is 52.7 Å². The number of hydrogen-bond donors (Lipinski definition) is 1. The second kappa shape index (κ2) is 8.71. The van der Waals surface area contributed by atoms with E-state index in [1.165, 1.54) is 18.4 Å². The fourth-order valence-electron chi connectivity index (χ4n) is 2.36. The first kappa shape index (κ1) is 17.5. The summed E-state index contributed by atoms with van der Waals surface area (Å²) in [6.07, 6.45) is 3.46. The predicted octanol–water partition coefficient (Wildman–Crippen LogP) is 4.53. The molecule has 1 rings (SSSR count). The first-order valence-electron chi connectivity index (χ1n) is 8.03. The molecule has 3 heteroatoms. The van der Waals surface area contributed by atoms with Gasteiger partial charge in [0.2, 0.25) is 0 Å². The molecule has 0 radical (unpaired) electrons. The number of carbonyl (C=O) groups is 1. The molecule has 0 aliphatic rings. The van der Waals surface area contributed by atoms with Crippen molar-refractivity contribution in [3.8, 4) is 0 Å². The molecule has 3 nitrogen and oxygen atoms in total. The molecule has 1 aromatic rings. The molecule has 0 aromatic heterocycles. The zero-order valence-electron chi connectivity index (χ0n) is 13.8. The maximum atomic E-state index is 11.1. The topological polar surface area (TPSA) is 40.5 Å². The lowest BCUT2D eigenvalue weighted by molar-refractivity contribution is -0.140. The quantitative estimate of drug-likeness (QED) is 0.680. The maximum Gasteiger partial charge on any atom is 0.308 e. The van der Waals surface area contributed by atoms with Gasteiger partial charge in [-0.3, -0.25) is 4.79 Å². The second-order valence-electron chi connectivity index (χ2n) is 6.14. The van der Waals surface area contributed by atoms with Gasteiger partial charge in [0.25, 0.3) is 0 Å². The second-order valence-corrected chi connectivity index (χ2v) is 6.14. The standard InChI is InChI=1S/C18H29NO2/c1-5-6-7-12-19(13-15(4)18(20)21)17-10-8-16(9-11-17)14(2)3/h8-11,14-15H,5-7,12-13H2,1-4H3,(H,20,21). The third-order valence-corrected chi connectivity index (χ3v) is 3.87. The zero-order valence-corrected chi connectivity index (χ0v) is 13.8. The van der Waals surface area contributed by atoms with Crippen LogP contribution in [0.4, 0.5) is 5.69 Å². The van der Waals surface area contributed by atoms with Crippen molar-refractivity contribution in [1.29, 1.82) is 0 Å². The Hall–Kier alpha value is -1.51. The van der Waals surface area contributed by atoms with Gasteiger partial charge in [0.05, 0.1) is 5.92 Å². The Bertz CT molecular complexity index is 425. The average Bonchev–Trinajstić information content (AvgIpc) is 2.46. The van der Waals surface area contributed by atoms with Gasteiger partial charge in [0.1, 0.15) is 0 Å². The first-order valence-corrected chi connectivity index (χ1v) is 8.03. The molecule has 0 saturated carbocycles. The number of carboxylic acid groups (broad SMARTS) is 1. The third-order valence-electron chi connectivity index (χ3n) is 3.87. The van der Waals surface area contributed by atoms with Crippen molar-refractivity contribution in [2.24, 2.45) is 5.92 Å². The summed E-state index contributed by atoms with van der Waals surface area (Å²) in [5.74, 6) is -0.559. The Kier molecular flexibility index (Phi) is 7.27. The van der Waals surface area contributed by atoms with Gasteiger partial charge in [-0.15, -0.1) is 0 Å². The number of hydrogen-bond acceptors (Lipinski definition) is 2. The van der Waals surface area contributed by atoms with E-state index in [4.69, 9.17) is 5.11 Å². The Labute approximate surface area is 129 Å². The van der Waals surface area contributed by atoms with Crippen LogP contribution in [0.25, 0.3) is 0 Å². The normalized spacial score (nSPS) is 12.4. The van der Waals surface area contributed by atoms with E-state index in [-0.39, 0.29) is 5.92 Å². The Morgan fingerprint density at radius 1 is 1.14 bits per heavy atom. The van der Waals surface area contributed by atoms with Crippen LogP contribution in [0.3, 0.4) is 0 Å². The number of carboxylic acids is 1.